The molecule has 1 saturated heterocycles. The summed E-state index contributed by atoms with van der Waals surface area (Å²) >= 11 is 1.90. The fraction of sp³-hybridized carbons (Fsp3) is 0.538. The number of hydrogen-bond acceptors (Lipinski definition) is 2. The SMILES string of the molecule is CNC1CCN(Cc2c(F)ccc(I)c2F)CC1. The minimum atomic E-state index is -0.441. The zero-order valence-corrected chi connectivity index (χ0v) is 12.5. The molecule has 18 heavy (non-hydrogen) atoms. The van der Waals surface area contributed by atoms with Gasteiger partial charge in [0.15, 0.2) is 0 Å². The third kappa shape index (κ3) is 3.19. The van der Waals surface area contributed by atoms with E-state index in [2.05, 4.69) is 10.2 Å². The van der Waals surface area contributed by atoms with Crippen LogP contribution in [0.25, 0.3) is 0 Å². The maximum atomic E-state index is 13.9. The van der Waals surface area contributed by atoms with Crippen molar-refractivity contribution >= 4 is 22.6 Å². The fourth-order valence-electron chi connectivity index (χ4n) is 2.32. The Bertz CT molecular complexity index is 418. The summed E-state index contributed by atoms with van der Waals surface area (Å²) in [4.78, 5) is 2.12. The van der Waals surface area contributed by atoms with E-state index in [0.29, 0.717) is 16.2 Å². The predicted molar refractivity (Wildman–Crippen MR) is 76.4 cm³/mol. The molecule has 2 rings (SSSR count). The van der Waals surface area contributed by atoms with E-state index in [4.69, 9.17) is 0 Å². The third-order valence-corrected chi connectivity index (χ3v) is 4.35. The van der Waals surface area contributed by atoms with Gasteiger partial charge in [0.2, 0.25) is 0 Å². The molecule has 0 atom stereocenters. The lowest BCUT2D eigenvalue weighted by Crippen LogP contribution is -2.41. The molecule has 0 spiro atoms. The van der Waals surface area contributed by atoms with E-state index in [1.165, 1.54) is 12.1 Å². The van der Waals surface area contributed by atoms with Gasteiger partial charge >= 0.3 is 0 Å². The normalized spacial score (nSPS) is 18.2. The molecule has 0 bridgehead atoms. The summed E-state index contributed by atoms with van der Waals surface area (Å²) in [5.74, 6) is -0.852. The van der Waals surface area contributed by atoms with E-state index >= 15 is 0 Å². The molecule has 2 nitrogen and oxygen atoms in total. The highest BCUT2D eigenvalue weighted by molar-refractivity contribution is 14.1. The predicted octanol–water partition coefficient (Wildman–Crippen LogP) is 2.75. The summed E-state index contributed by atoms with van der Waals surface area (Å²) in [5, 5.41) is 3.24. The maximum Gasteiger partial charge on any atom is 0.143 e. The van der Waals surface area contributed by atoms with E-state index in [-0.39, 0.29) is 5.56 Å². The lowest BCUT2D eigenvalue weighted by Gasteiger charge is -2.31. The van der Waals surface area contributed by atoms with Crippen molar-refractivity contribution in [3.8, 4) is 0 Å². The number of likely N-dealkylation sites (tertiary alicyclic amines) is 1. The summed E-state index contributed by atoms with van der Waals surface area (Å²) in [5.41, 5.74) is 0.199. The van der Waals surface area contributed by atoms with Gasteiger partial charge in [-0.2, -0.15) is 0 Å². The molecule has 1 heterocycles. The first-order valence-corrected chi connectivity index (χ1v) is 7.21. The summed E-state index contributed by atoms with van der Waals surface area (Å²) in [6.07, 6.45) is 2.06. The second-order valence-electron chi connectivity index (χ2n) is 4.66. The fourth-order valence-corrected chi connectivity index (χ4v) is 2.82. The van der Waals surface area contributed by atoms with Gasteiger partial charge < -0.3 is 5.32 Å². The Morgan fingerprint density at radius 3 is 2.61 bits per heavy atom. The van der Waals surface area contributed by atoms with Gasteiger partial charge in [-0.25, -0.2) is 8.78 Å². The number of piperidine rings is 1. The molecular weight excluding hydrogens is 349 g/mol. The first-order chi connectivity index (χ1) is 8.61. The first kappa shape index (κ1) is 14.1. The van der Waals surface area contributed by atoms with Crippen LogP contribution in [0.4, 0.5) is 8.78 Å². The molecule has 100 valence electrons. The average Bonchev–Trinajstić information content (AvgIpc) is 2.40. The zero-order valence-electron chi connectivity index (χ0n) is 10.3. The average molecular weight is 366 g/mol. The molecule has 0 saturated carbocycles. The smallest absolute Gasteiger partial charge is 0.143 e. The molecule has 1 fully saturated rings. The minimum absolute atomic E-state index is 0.199. The number of halogens is 3. The summed E-state index contributed by atoms with van der Waals surface area (Å²) < 4.78 is 28.0. The molecule has 0 radical (unpaired) electrons. The van der Waals surface area contributed by atoms with Crippen LogP contribution in [0, 0.1) is 15.2 Å². The van der Waals surface area contributed by atoms with E-state index in [1.807, 2.05) is 29.6 Å². The van der Waals surface area contributed by atoms with Crippen LogP contribution in [-0.2, 0) is 6.54 Å². The Hall–Kier alpha value is -0.270. The van der Waals surface area contributed by atoms with E-state index in [0.717, 1.165) is 25.9 Å². The largest absolute Gasteiger partial charge is 0.317 e. The van der Waals surface area contributed by atoms with Crippen LogP contribution in [0.1, 0.15) is 18.4 Å². The van der Waals surface area contributed by atoms with E-state index in [9.17, 15) is 8.78 Å². The van der Waals surface area contributed by atoms with Crippen molar-refractivity contribution in [3.63, 3.8) is 0 Å². The second-order valence-corrected chi connectivity index (χ2v) is 5.82. The van der Waals surface area contributed by atoms with Crippen molar-refractivity contribution in [2.24, 2.45) is 0 Å². The molecule has 1 aromatic carbocycles. The van der Waals surface area contributed by atoms with Crippen LogP contribution in [0.3, 0.4) is 0 Å². The molecule has 1 aliphatic rings. The molecule has 1 aliphatic heterocycles. The summed E-state index contributed by atoms with van der Waals surface area (Å²) in [7, 11) is 1.96. The number of benzene rings is 1. The van der Waals surface area contributed by atoms with Crippen molar-refractivity contribution in [1.82, 2.24) is 10.2 Å². The van der Waals surface area contributed by atoms with Gasteiger partial charge in [0.1, 0.15) is 11.6 Å². The number of nitrogens with one attached hydrogen (secondary N) is 1. The minimum Gasteiger partial charge on any atom is -0.317 e. The van der Waals surface area contributed by atoms with Gasteiger partial charge in [0.25, 0.3) is 0 Å². The van der Waals surface area contributed by atoms with Gasteiger partial charge in [-0.1, -0.05) is 0 Å². The van der Waals surface area contributed by atoms with Crippen LogP contribution < -0.4 is 5.32 Å². The molecule has 1 aromatic rings. The lowest BCUT2D eigenvalue weighted by atomic mass is 10.0. The van der Waals surface area contributed by atoms with Gasteiger partial charge in [-0.05, 0) is 67.7 Å². The molecule has 0 aromatic heterocycles. The van der Waals surface area contributed by atoms with Crippen molar-refractivity contribution in [2.45, 2.75) is 25.4 Å². The number of nitrogens with zero attached hydrogens (tertiary/aromatic N) is 1. The maximum absolute atomic E-state index is 13.9. The van der Waals surface area contributed by atoms with Gasteiger partial charge in [0.05, 0.1) is 0 Å². The summed E-state index contributed by atoms with van der Waals surface area (Å²) in [6, 6.07) is 3.36. The van der Waals surface area contributed by atoms with Crippen LogP contribution in [-0.4, -0.2) is 31.1 Å². The zero-order chi connectivity index (χ0) is 13.1. The molecule has 0 amide bonds. The Balaban J connectivity index is 2.04. The van der Waals surface area contributed by atoms with E-state index < -0.39 is 11.6 Å². The Morgan fingerprint density at radius 2 is 2.00 bits per heavy atom. The van der Waals surface area contributed by atoms with Crippen LogP contribution >= 0.6 is 22.6 Å². The summed E-state index contributed by atoms with van der Waals surface area (Å²) in [6.45, 7) is 2.14. The molecule has 1 N–H and O–H groups in total. The molecular formula is C13H17F2IN2. The lowest BCUT2D eigenvalue weighted by molar-refractivity contribution is 0.190. The van der Waals surface area contributed by atoms with Gasteiger partial charge in [-0.3, -0.25) is 4.90 Å². The highest BCUT2D eigenvalue weighted by Gasteiger charge is 2.21. The van der Waals surface area contributed by atoms with Crippen LogP contribution in [0.2, 0.25) is 0 Å². The van der Waals surface area contributed by atoms with Crippen molar-refractivity contribution in [2.75, 3.05) is 20.1 Å². The molecule has 0 aliphatic carbocycles. The number of rotatable bonds is 3. The monoisotopic (exact) mass is 366 g/mol. The van der Waals surface area contributed by atoms with Crippen LogP contribution in [0.5, 0.6) is 0 Å². The van der Waals surface area contributed by atoms with Crippen molar-refractivity contribution in [1.29, 1.82) is 0 Å². The van der Waals surface area contributed by atoms with E-state index in [1.54, 1.807) is 0 Å². The Labute approximate surface area is 120 Å². The quantitative estimate of drug-likeness (QED) is 0.654. The second kappa shape index (κ2) is 6.25. The Kier molecular flexibility index (Phi) is 4.91. The van der Waals surface area contributed by atoms with Crippen molar-refractivity contribution in [3.05, 3.63) is 32.9 Å². The topological polar surface area (TPSA) is 15.3 Å². The van der Waals surface area contributed by atoms with Gasteiger partial charge in [-0.15, -0.1) is 0 Å². The highest BCUT2D eigenvalue weighted by atomic mass is 127. The highest BCUT2D eigenvalue weighted by Crippen LogP contribution is 2.21. The Morgan fingerprint density at radius 1 is 1.33 bits per heavy atom. The third-order valence-electron chi connectivity index (χ3n) is 3.52. The van der Waals surface area contributed by atoms with Crippen LogP contribution in [0.15, 0.2) is 12.1 Å². The number of hydrogen-bond donors (Lipinski definition) is 1. The standard InChI is InChI=1S/C13H17F2IN2/c1-17-9-4-6-18(7-5-9)8-10-11(14)2-3-12(16)13(10)15/h2-3,9,17H,4-8H2,1H3. The molecule has 5 heteroatoms. The molecule has 0 unspecified atom stereocenters. The first-order valence-electron chi connectivity index (χ1n) is 6.14. The van der Waals surface area contributed by atoms with Crippen molar-refractivity contribution < 1.29 is 8.78 Å². The van der Waals surface area contributed by atoms with Gasteiger partial charge in [0, 0.05) is 21.7 Å².